The molecule has 0 N–H and O–H groups in total. The van der Waals surface area contributed by atoms with Crippen molar-refractivity contribution >= 4 is 28.3 Å². The average molecular weight is 302 g/mol. The Balaban J connectivity index is 3.35. The van der Waals surface area contributed by atoms with Gasteiger partial charge in [0, 0.05) is 11.5 Å². The van der Waals surface area contributed by atoms with Gasteiger partial charge in [0.05, 0.1) is 8.49 Å². The Bertz CT molecular complexity index is 376. The van der Waals surface area contributed by atoms with E-state index in [0.29, 0.717) is 9.13 Å². The molecule has 0 saturated carbocycles. The molecule has 1 unspecified atom stereocenters. The first-order valence-electron chi connectivity index (χ1n) is 3.96. The summed E-state index contributed by atoms with van der Waals surface area (Å²) < 4.78 is 0.626. The molecule has 0 amide bonds. The number of hydrogen-bond donors (Lipinski definition) is 0. The summed E-state index contributed by atoms with van der Waals surface area (Å²) in [5.74, 6) is -0.245. The van der Waals surface area contributed by atoms with Gasteiger partial charge < -0.3 is 0 Å². The summed E-state index contributed by atoms with van der Waals surface area (Å²) in [6.45, 7) is 7.36. The van der Waals surface area contributed by atoms with Gasteiger partial charge in [-0.25, -0.2) is 0 Å². The van der Waals surface area contributed by atoms with Crippen LogP contribution < -0.4 is 0 Å². The maximum atomic E-state index is 10.8. The van der Waals surface area contributed by atoms with Gasteiger partial charge in [-0.3, -0.25) is 10.1 Å². The highest BCUT2D eigenvalue weighted by Gasteiger charge is 2.20. The van der Waals surface area contributed by atoms with E-state index in [0.717, 1.165) is 0 Å². The molecule has 0 heterocycles. The molecule has 1 rings (SSSR count). The van der Waals surface area contributed by atoms with Crippen molar-refractivity contribution in [1.82, 2.24) is 0 Å². The minimum Gasteiger partial charge on any atom is -0.258 e. The molecule has 0 aliphatic heterocycles. The van der Waals surface area contributed by atoms with Crippen molar-refractivity contribution in [3.05, 3.63) is 57.0 Å². The van der Waals surface area contributed by atoms with Gasteiger partial charge in [0.2, 0.25) is 0 Å². The van der Waals surface area contributed by atoms with Crippen LogP contribution in [0.15, 0.2) is 30.9 Å². The quantitative estimate of drug-likeness (QED) is 0.372. The van der Waals surface area contributed by atoms with E-state index >= 15 is 0 Å². The number of rotatable bonds is 3. The third kappa shape index (κ3) is 2.12. The van der Waals surface area contributed by atoms with Crippen molar-refractivity contribution in [1.29, 1.82) is 0 Å². The number of nitrogens with zero attached hydrogens (tertiary/aromatic N) is 1. The fourth-order valence-corrected chi connectivity index (χ4v) is 1.87. The Labute approximate surface area is 96.1 Å². The summed E-state index contributed by atoms with van der Waals surface area (Å²) in [7, 11) is 0. The first-order valence-corrected chi connectivity index (χ1v) is 5.04. The number of hydrogen-bond acceptors (Lipinski definition) is 2. The Morgan fingerprint density at radius 2 is 2.21 bits per heavy atom. The molecule has 1 atom stereocenters. The second-order valence-electron chi connectivity index (χ2n) is 2.78. The minimum absolute atomic E-state index is 0.132. The van der Waals surface area contributed by atoms with E-state index in [2.05, 4.69) is 13.5 Å². The van der Waals surface area contributed by atoms with Crippen LogP contribution in [-0.2, 0) is 0 Å². The highest BCUT2D eigenvalue weighted by molar-refractivity contribution is 14.1. The standard InChI is InChI=1S/C10H9INO2/c1-3-7(2)8-5-4-6-9(11)10(8)12(13)14/h3-7H,1-2H2. The van der Waals surface area contributed by atoms with Crippen LogP contribution in [0.3, 0.4) is 0 Å². The van der Waals surface area contributed by atoms with E-state index in [1.54, 1.807) is 24.3 Å². The molecule has 0 aliphatic carbocycles. The van der Waals surface area contributed by atoms with Gasteiger partial charge in [0.1, 0.15) is 0 Å². The van der Waals surface area contributed by atoms with Crippen LogP contribution in [0.25, 0.3) is 0 Å². The zero-order chi connectivity index (χ0) is 10.7. The molecule has 0 saturated heterocycles. The minimum atomic E-state index is -0.376. The Kier molecular flexibility index (Phi) is 3.62. The molecule has 0 spiro atoms. The van der Waals surface area contributed by atoms with Crippen LogP contribution in [0.4, 0.5) is 5.69 Å². The lowest BCUT2D eigenvalue weighted by atomic mass is 10.00. The van der Waals surface area contributed by atoms with Crippen LogP contribution in [0, 0.1) is 20.6 Å². The van der Waals surface area contributed by atoms with Crippen LogP contribution in [-0.4, -0.2) is 4.92 Å². The summed E-state index contributed by atoms with van der Waals surface area (Å²) in [4.78, 5) is 10.4. The Morgan fingerprint density at radius 1 is 1.57 bits per heavy atom. The first kappa shape index (κ1) is 11.2. The first-order chi connectivity index (χ1) is 6.57. The second kappa shape index (κ2) is 4.54. The molecule has 14 heavy (non-hydrogen) atoms. The van der Waals surface area contributed by atoms with Crippen LogP contribution in [0.1, 0.15) is 11.5 Å². The zero-order valence-electron chi connectivity index (χ0n) is 7.44. The lowest BCUT2D eigenvalue weighted by Crippen LogP contribution is -2.00. The predicted octanol–water partition coefficient (Wildman–Crippen LogP) is 3.30. The molecule has 1 aromatic rings. The Hall–Kier alpha value is -0.910. The Morgan fingerprint density at radius 3 is 2.71 bits per heavy atom. The van der Waals surface area contributed by atoms with Crippen molar-refractivity contribution in [2.75, 3.05) is 0 Å². The lowest BCUT2D eigenvalue weighted by molar-refractivity contribution is -0.386. The maximum absolute atomic E-state index is 10.8. The third-order valence-corrected chi connectivity index (χ3v) is 2.76. The highest BCUT2D eigenvalue weighted by Crippen LogP contribution is 2.30. The van der Waals surface area contributed by atoms with E-state index in [-0.39, 0.29) is 16.5 Å². The fraction of sp³-hybridized carbons (Fsp3) is 0.100. The molecule has 0 fully saturated rings. The van der Waals surface area contributed by atoms with Crippen molar-refractivity contribution in [3.8, 4) is 0 Å². The molecule has 0 bridgehead atoms. The summed E-state index contributed by atoms with van der Waals surface area (Å²) in [6, 6.07) is 5.20. The molecule has 3 nitrogen and oxygen atoms in total. The largest absolute Gasteiger partial charge is 0.286 e. The van der Waals surface area contributed by atoms with E-state index in [4.69, 9.17) is 0 Å². The van der Waals surface area contributed by atoms with Gasteiger partial charge in [-0.05, 0) is 35.6 Å². The van der Waals surface area contributed by atoms with E-state index in [1.165, 1.54) is 0 Å². The molecule has 73 valence electrons. The number of allylic oxidation sites excluding steroid dienone is 1. The molecular formula is C10H9INO2. The number of nitro benzene ring substituents is 1. The van der Waals surface area contributed by atoms with Crippen molar-refractivity contribution in [2.24, 2.45) is 0 Å². The topological polar surface area (TPSA) is 43.1 Å². The molecule has 4 heteroatoms. The summed E-state index contributed by atoms with van der Waals surface area (Å²) in [5, 5.41) is 10.8. The highest BCUT2D eigenvalue weighted by atomic mass is 127. The fourth-order valence-electron chi connectivity index (χ4n) is 1.15. The number of nitro groups is 1. The number of benzene rings is 1. The lowest BCUT2D eigenvalue weighted by Gasteiger charge is -2.07. The van der Waals surface area contributed by atoms with E-state index < -0.39 is 0 Å². The van der Waals surface area contributed by atoms with Gasteiger partial charge in [-0.1, -0.05) is 18.2 Å². The van der Waals surface area contributed by atoms with Gasteiger partial charge in [0.25, 0.3) is 5.69 Å². The SMILES string of the molecule is [CH2]C(C=C)c1cccc(I)c1[N+](=O)[O-]. The number of halogens is 1. The predicted molar refractivity (Wildman–Crippen MR) is 64.1 cm³/mol. The molecule has 0 aliphatic rings. The van der Waals surface area contributed by atoms with Gasteiger partial charge in [-0.15, -0.1) is 6.58 Å². The van der Waals surface area contributed by atoms with Crippen LogP contribution >= 0.6 is 22.6 Å². The van der Waals surface area contributed by atoms with Crippen LogP contribution in [0.2, 0.25) is 0 Å². The van der Waals surface area contributed by atoms with Crippen molar-refractivity contribution < 1.29 is 4.92 Å². The summed E-state index contributed by atoms with van der Waals surface area (Å²) in [5.41, 5.74) is 0.741. The molecule has 1 radical (unpaired) electrons. The summed E-state index contributed by atoms with van der Waals surface area (Å²) >= 11 is 1.95. The average Bonchev–Trinajstić information content (AvgIpc) is 2.15. The van der Waals surface area contributed by atoms with E-state index in [1.807, 2.05) is 22.6 Å². The van der Waals surface area contributed by atoms with E-state index in [9.17, 15) is 10.1 Å². The normalized spacial score (nSPS) is 12.1. The van der Waals surface area contributed by atoms with Crippen molar-refractivity contribution in [3.63, 3.8) is 0 Å². The van der Waals surface area contributed by atoms with Gasteiger partial charge in [-0.2, -0.15) is 0 Å². The summed E-state index contributed by atoms with van der Waals surface area (Å²) in [6.07, 6.45) is 1.60. The monoisotopic (exact) mass is 302 g/mol. The zero-order valence-corrected chi connectivity index (χ0v) is 9.60. The third-order valence-electron chi connectivity index (χ3n) is 1.88. The van der Waals surface area contributed by atoms with Gasteiger partial charge >= 0.3 is 0 Å². The second-order valence-corrected chi connectivity index (χ2v) is 3.94. The maximum Gasteiger partial charge on any atom is 0.286 e. The molecule has 1 aromatic carbocycles. The van der Waals surface area contributed by atoms with Crippen molar-refractivity contribution in [2.45, 2.75) is 5.92 Å². The van der Waals surface area contributed by atoms with Gasteiger partial charge in [0.15, 0.2) is 0 Å². The smallest absolute Gasteiger partial charge is 0.258 e. The molecule has 0 aromatic heterocycles. The number of para-hydroxylation sites is 1. The van der Waals surface area contributed by atoms with Crippen LogP contribution in [0.5, 0.6) is 0 Å². The molecular weight excluding hydrogens is 293 g/mol.